The Morgan fingerprint density at radius 1 is 1.33 bits per heavy atom. The van der Waals surface area contributed by atoms with Crippen LogP contribution in [0.1, 0.15) is 54.4 Å². The first kappa shape index (κ1) is 17.2. The lowest BCUT2D eigenvalue weighted by Gasteiger charge is -2.30. The van der Waals surface area contributed by atoms with Gasteiger partial charge in [-0.2, -0.15) is 0 Å². The van der Waals surface area contributed by atoms with Gasteiger partial charge in [0, 0.05) is 12.0 Å². The zero-order valence-corrected chi connectivity index (χ0v) is 12.7. The van der Waals surface area contributed by atoms with Crippen molar-refractivity contribution in [2.45, 2.75) is 60.0 Å². The summed E-state index contributed by atoms with van der Waals surface area (Å²) in [6.45, 7) is 12.3. The molecule has 0 heterocycles. The maximum Gasteiger partial charge on any atom is 0.407 e. The molecule has 0 aliphatic rings. The molecule has 0 saturated carbocycles. The second-order valence-electron chi connectivity index (χ2n) is 6.54. The van der Waals surface area contributed by atoms with Gasteiger partial charge in [0.1, 0.15) is 5.60 Å². The number of alkyl carbamates (subject to hydrolysis) is 1. The Balaban J connectivity index is 4.25. The van der Waals surface area contributed by atoms with Gasteiger partial charge in [-0.25, -0.2) is 4.79 Å². The summed E-state index contributed by atoms with van der Waals surface area (Å²) in [6, 6.07) is 0. The molecule has 0 aliphatic heterocycles. The Hall–Kier alpha value is -0.770. The molecule has 0 radical (unpaired) electrons. The zero-order chi connectivity index (χ0) is 14.4. The molecule has 0 bridgehead atoms. The molecule has 18 heavy (non-hydrogen) atoms. The Bertz CT molecular complexity index is 260. The van der Waals surface area contributed by atoms with Crippen LogP contribution in [-0.4, -0.2) is 30.0 Å². The van der Waals surface area contributed by atoms with E-state index >= 15 is 0 Å². The van der Waals surface area contributed by atoms with Crippen molar-refractivity contribution >= 4 is 6.09 Å². The minimum absolute atomic E-state index is 0.0626. The highest BCUT2D eigenvalue weighted by atomic mass is 16.6. The van der Waals surface area contributed by atoms with Crippen LogP contribution in [-0.2, 0) is 4.74 Å². The van der Waals surface area contributed by atoms with Gasteiger partial charge in [0.2, 0.25) is 0 Å². The third-order valence-electron chi connectivity index (χ3n) is 2.98. The molecular formula is C14H29NO3. The minimum Gasteiger partial charge on any atom is -0.444 e. The number of nitrogens with one attached hydrogen (secondary N) is 1. The molecule has 4 nitrogen and oxygen atoms in total. The van der Waals surface area contributed by atoms with Gasteiger partial charge in [0.05, 0.1) is 6.61 Å². The van der Waals surface area contributed by atoms with Crippen LogP contribution in [0.25, 0.3) is 0 Å². The third-order valence-corrected chi connectivity index (χ3v) is 2.98. The molecular weight excluding hydrogens is 230 g/mol. The topological polar surface area (TPSA) is 58.6 Å². The Labute approximate surface area is 111 Å². The van der Waals surface area contributed by atoms with E-state index in [9.17, 15) is 9.90 Å². The summed E-state index contributed by atoms with van der Waals surface area (Å²) in [7, 11) is 0. The number of rotatable bonds is 6. The molecule has 1 amide bonds. The lowest BCUT2D eigenvalue weighted by molar-refractivity contribution is 0.0459. The van der Waals surface area contributed by atoms with Crippen molar-refractivity contribution < 1.29 is 14.6 Å². The summed E-state index contributed by atoms with van der Waals surface area (Å²) in [5, 5.41) is 12.2. The fourth-order valence-corrected chi connectivity index (χ4v) is 1.78. The van der Waals surface area contributed by atoms with E-state index in [1.807, 2.05) is 27.7 Å². The number of carbonyl (C=O) groups excluding carboxylic acids is 1. The second kappa shape index (κ2) is 6.98. The summed E-state index contributed by atoms with van der Waals surface area (Å²) < 4.78 is 5.18. The minimum atomic E-state index is -0.490. The average molecular weight is 259 g/mol. The molecule has 0 aliphatic carbocycles. The molecule has 4 heteroatoms. The first-order chi connectivity index (χ1) is 8.12. The fraction of sp³-hybridized carbons (Fsp3) is 0.929. The molecule has 2 atom stereocenters. The van der Waals surface area contributed by atoms with Crippen molar-refractivity contribution in [1.29, 1.82) is 0 Å². The van der Waals surface area contributed by atoms with E-state index in [-0.39, 0.29) is 12.0 Å². The molecule has 0 aromatic carbocycles. The van der Waals surface area contributed by atoms with Crippen molar-refractivity contribution in [2.24, 2.45) is 11.3 Å². The molecule has 0 aromatic rings. The molecule has 0 aromatic heterocycles. The monoisotopic (exact) mass is 259 g/mol. The molecule has 0 saturated heterocycles. The van der Waals surface area contributed by atoms with Crippen molar-refractivity contribution in [3.8, 4) is 0 Å². The highest BCUT2D eigenvalue weighted by Gasteiger charge is 2.27. The van der Waals surface area contributed by atoms with Gasteiger partial charge in [0.25, 0.3) is 0 Å². The largest absolute Gasteiger partial charge is 0.444 e. The van der Waals surface area contributed by atoms with Gasteiger partial charge in [0.15, 0.2) is 0 Å². The normalized spacial score (nSPS) is 16.8. The molecule has 0 rings (SSSR count). The molecule has 2 unspecified atom stereocenters. The first-order valence-electron chi connectivity index (χ1n) is 6.69. The van der Waals surface area contributed by atoms with Crippen LogP contribution in [0.3, 0.4) is 0 Å². The highest BCUT2D eigenvalue weighted by molar-refractivity contribution is 5.67. The fourth-order valence-electron chi connectivity index (χ4n) is 1.78. The molecule has 108 valence electrons. The van der Waals surface area contributed by atoms with E-state index in [4.69, 9.17) is 4.74 Å². The van der Waals surface area contributed by atoms with E-state index in [0.717, 1.165) is 12.8 Å². The number of aliphatic hydroxyl groups is 1. The number of aliphatic hydroxyl groups excluding tert-OH is 1. The van der Waals surface area contributed by atoms with Crippen LogP contribution >= 0.6 is 0 Å². The van der Waals surface area contributed by atoms with E-state index < -0.39 is 11.7 Å². The smallest absolute Gasteiger partial charge is 0.407 e. The number of amides is 1. The van der Waals surface area contributed by atoms with Crippen LogP contribution in [0, 0.1) is 11.3 Å². The summed E-state index contributed by atoms with van der Waals surface area (Å²) >= 11 is 0. The Morgan fingerprint density at radius 3 is 2.28 bits per heavy atom. The summed E-state index contributed by atoms with van der Waals surface area (Å²) in [6.07, 6.45) is 1.53. The second-order valence-corrected chi connectivity index (χ2v) is 6.54. The molecule has 2 N–H and O–H groups in total. The van der Waals surface area contributed by atoms with Crippen molar-refractivity contribution in [3.63, 3.8) is 0 Å². The van der Waals surface area contributed by atoms with Gasteiger partial charge in [-0.1, -0.05) is 27.2 Å². The van der Waals surface area contributed by atoms with Gasteiger partial charge < -0.3 is 15.2 Å². The summed E-state index contributed by atoms with van der Waals surface area (Å²) in [5.74, 6) is 0.530. The molecule has 0 spiro atoms. The number of carbonyl (C=O) groups is 1. The quantitative estimate of drug-likeness (QED) is 0.771. The van der Waals surface area contributed by atoms with Gasteiger partial charge in [-0.05, 0) is 33.1 Å². The lowest BCUT2D eigenvalue weighted by Crippen LogP contribution is -2.41. The van der Waals surface area contributed by atoms with Crippen LogP contribution < -0.4 is 5.32 Å². The maximum absolute atomic E-state index is 11.6. The van der Waals surface area contributed by atoms with Crippen LogP contribution in [0.15, 0.2) is 0 Å². The predicted molar refractivity (Wildman–Crippen MR) is 73.5 cm³/mol. The number of ether oxygens (including phenoxy) is 1. The van der Waals surface area contributed by atoms with E-state index in [1.54, 1.807) is 0 Å². The van der Waals surface area contributed by atoms with Crippen molar-refractivity contribution in [3.05, 3.63) is 0 Å². The standard InChI is InChI=1S/C14H29NO3/c1-7-11(2)8-14(6,10-16)9-15-12(17)18-13(3,4)5/h11,16H,7-10H2,1-6H3,(H,15,17). The van der Waals surface area contributed by atoms with Gasteiger partial charge in [-0.15, -0.1) is 0 Å². The summed E-state index contributed by atoms with van der Waals surface area (Å²) in [5.41, 5.74) is -0.775. The van der Waals surface area contributed by atoms with Crippen molar-refractivity contribution in [2.75, 3.05) is 13.2 Å². The Morgan fingerprint density at radius 2 is 1.89 bits per heavy atom. The predicted octanol–water partition coefficient (Wildman–Crippen LogP) is 2.95. The van der Waals surface area contributed by atoms with Crippen molar-refractivity contribution in [1.82, 2.24) is 5.32 Å². The van der Waals surface area contributed by atoms with E-state index in [2.05, 4.69) is 19.2 Å². The lowest BCUT2D eigenvalue weighted by atomic mass is 9.81. The van der Waals surface area contributed by atoms with E-state index in [1.165, 1.54) is 0 Å². The maximum atomic E-state index is 11.6. The summed E-state index contributed by atoms with van der Waals surface area (Å²) in [4.78, 5) is 11.6. The molecule has 0 fully saturated rings. The van der Waals surface area contributed by atoms with Gasteiger partial charge >= 0.3 is 6.09 Å². The van der Waals surface area contributed by atoms with Crippen LogP contribution in [0.2, 0.25) is 0 Å². The average Bonchev–Trinajstić information content (AvgIpc) is 2.24. The van der Waals surface area contributed by atoms with Crippen LogP contribution in [0.5, 0.6) is 0 Å². The zero-order valence-electron chi connectivity index (χ0n) is 12.7. The van der Waals surface area contributed by atoms with Gasteiger partial charge in [-0.3, -0.25) is 0 Å². The van der Waals surface area contributed by atoms with Crippen LogP contribution in [0.4, 0.5) is 4.79 Å². The first-order valence-corrected chi connectivity index (χ1v) is 6.69. The number of hydrogen-bond acceptors (Lipinski definition) is 3. The SMILES string of the molecule is CCC(C)CC(C)(CO)CNC(=O)OC(C)(C)C. The number of hydrogen-bond donors (Lipinski definition) is 2. The Kier molecular flexibility index (Phi) is 6.68. The highest BCUT2D eigenvalue weighted by Crippen LogP contribution is 2.26. The third kappa shape index (κ3) is 7.54. The van der Waals surface area contributed by atoms with E-state index in [0.29, 0.717) is 12.5 Å².